The van der Waals surface area contributed by atoms with E-state index in [1.165, 1.54) is 4.31 Å². The number of carbonyl (C=O) groups excluding carboxylic acids is 1. The molecule has 6 nitrogen and oxygen atoms in total. The van der Waals surface area contributed by atoms with Gasteiger partial charge < -0.3 is 11.1 Å². The van der Waals surface area contributed by atoms with E-state index in [1.54, 1.807) is 24.3 Å². The monoisotopic (exact) mass is 313 g/mol. The van der Waals surface area contributed by atoms with E-state index in [2.05, 4.69) is 5.32 Å². The number of anilines is 1. The zero-order chi connectivity index (χ0) is 14.8. The average Bonchev–Trinajstić information content (AvgIpc) is 2.69. The first-order valence-corrected chi connectivity index (χ1v) is 8.08. The number of nitrogens with two attached hydrogens (primary N) is 1. The van der Waals surface area contributed by atoms with Crippen LogP contribution >= 0.6 is 12.2 Å². The molecule has 0 spiro atoms. The van der Waals surface area contributed by atoms with E-state index >= 15 is 0 Å². The Bertz CT molecular complexity index is 626. The summed E-state index contributed by atoms with van der Waals surface area (Å²) in [6, 6.07) is 6.74. The van der Waals surface area contributed by atoms with Crippen LogP contribution in [-0.2, 0) is 14.8 Å². The molecule has 8 heteroatoms. The zero-order valence-corrected chi connectivity index (χ0v) is 12.3. The smallest absolute Gasteiger partial charge is 0.239 e. The summed E-state index contributed by atoms with van der Waals surface area (Å²) in [5.41, 5.74) is 6.76. The fourth-order valence-corrected chi connectivity index (χ4v) is 3.56. The highest BCUT2D eigenvalue weighted by atomic mass is 32.2. The van der Waals surface area contributed by atoms with Crippen LogP contribution in [0, 0.1) is 0 Å². The molecule has 1 amide bonds. The summed E-state index contributed by atoms with van der Waals surface area (Å²) >= 11 is 4.83. The molecule has 0 saturated carbocycles. The number of thiocarbonyl (C=S) groups is 1. The maximum atomic E-state index is 11.8. The fourth-order valence-electron chi connectivity index (χ4n) is 1.95. The lowest BCUT2D eigenvalue weighted by atomic mass is 10.2. The quantitative estimate of drug-likeness (QED) is 0.780. The Kier molecular flexibility index (Phi) is 4.36. The summed E-state index contributed by atoms with van der Waals surface area (Å²) in [5, 5.41) is 2.64. The molecule has 1 saturated heterocycles. The predicted molar refractivity (Wildman–Crippen MR) is 80.9 cm³/mol. The molecule has 1 fully saturated rings. The molecular formula is C12H15N3O3S2. The SMILES string of the molecule is NC(=S)c1ccc(NC(=O)CN2CCCS2(=O)=O)cc1. The first-order valence-electron chi connectivity index (χ1n) is 6.06. The van der Waals surface area contributed by atoms with Crippen molar-refractivity contribution in [3.8, 4) is 0 Å². The van der Waals surface area contributed by atoms with Gasteiger partial charge in [0.25, 0.3) is 0 Å². The van der Waals surface area contributed by atoms with E-state index in [0.29, 0.717) is 24.2 Å². The Balaban J connectivity index is 1.96. The van der Waals surface area contributed by atoms with E-state index in [-0.39, 0.29) is 23.2 Å². The highest BCUT2D eigenvalue weighted by molar-refractivity contribution is 7.89. The Morgan fingerprint density at radius 1 is 1.35 bits per heavy atom. The van der Waals surface area contributed by atoms with Crippen molar-refractivity contribution in [1.82, 2.24) is 4.31 Å². The fraction of sp³-hybridized carbons (Fsp3) is 0.333. The summed E-state index contributed by atoms with van der Waals surface area (Å²) in [7, 11) is -3.25. The van der Waals surface area contributed by atoms with E-state index < -0.39 is 10.0 Å². The van der Waals surface area contributed by atoms with Gasteiger partial charge in [0.05, 0.1) is 12.3 Å². The molecule has 2 rings (SSSR count). The first-order chi connectivity index (χ1) is 9.38. The van der Waals surface area contributed by atoms with Gasteiger partial charge in [-0.2, -0.15) is 4.31 Å². The number of hydrogen-bond acceptors (Lipinski definition) is 4. The third kappa shape index (κ3) is 3.53. The number of nitrogens with zero attached hydrogens (tertiary/aromatic N) is 1. The lowest BCUT2D eigenvalue weighted by Crippen LogP contribution is -2.34. The van der Waals surface area contributed by atoms with Gasteiger partial charge in [-0.05, 0) is 30.7 Å². The summed E-state index contributed by atoms with van der Waals surface area (Å²) < 4.78 is 24.4. The Hall–Kier alpha value is -1.51. The van der Waals surface area contributed by atoms with Crippen molar-refractivity contribution in [3.05, 3.63) is 29.8 Å². The van der Waals surface area contributed by atoms with Gasteiger partial charge in [0, 0.05) is 17.8 Å². The minimum atomic E-state index is -3.25. The normalized spacial score (nSPS) is 17.8. The lowest BCUT2D eigenvalue weighted by Gasteiger charge is -2.14. The molecule has 0 radical (unpaired) electrons. The van der Waals surface area contributed by atoms with Gasteiger partial charge in [-0.25, -0.2) is 8.42 Å². The molecule has 1 aliphatic rings. The van der Waals surface area contributed by atoms with Crippen LogP contribution in [0.1, 0.15) is 12.0 Å². The van der Waals surface area contributed by atoms with Crippen LogP contribution < -0.4 is 11.1 Å². The second-order valence-electron chi connectivity index (χ2n) is 4.49. The lowest BCUT2D eigenvalue weighted by molar-refractivity contribution is -0.116. The second kappa shape index (κ2) is 5.86. The van der Waals surface area contributed by atoms with Crippen LogP contribution in [0.3, 0.4) is 0 Å². The van der Waals surface area contributed by atoms with Crippen LogP contribution in [0.5, 0.6) is 0 Å². The Morgan fingerprint density at radius 2 is 2.00 bits per heavy atom. The van der Waals surface area contributed by atoms with Gasteiger partial charge >= 0.3 is 0 Å². The molecule has 3 N–H and O–H groups in total. The standard InChI is InChI=1S/C12H15N3O3S2/c13-12(19)9-2-4-10(5-3-9)14-11(16)8-15-6-1-7-20(15,17)18/h2-5H,1,6-8H2,(H2,13,19)(H,14,16). The van der Waals surface area contributed by atoms with E-state index in [0.717, 1.165) is 0 Å². The maximum Gasteiger partial charge on any atom is 0.239 e. The number of rotatable bonds is 4. The number of nitrogens with one attached hydrogen (secondary N) is 1. The topological polar surface area (TPSA) is 92.5 Å². The number of hydrogen-bond donors (Lipinski definition) is 2. The molecule has 0 aliphatic carbocycles. The van der Waals surface area contributed by atoms with Crippen molar-refractivity contribution < 1.29 is 13.2 Å². The minimum absolute atomic E-state index is 0.114. The van der Waals surface area contributed by atoms with Crippen molar-refractivity contribution in [1.29, 1.82) is 0 Å². The number of sulfonamides is 1. The van der Waals surface area contributed by atoms with E-state index in [9.17, 15) is 13.2 Å². The van der Waals surface area contributed by atoms with Gasteiger partial charge in [0.2, 0.25) is 15.9 Å². The summed E-state index contributed by atoms with van der Waals surface area (Å²) in [6.45, 7) is 0.246. The van der Waals surface area contributed by atoms with Gasteiger partial charge in [-0.1, -0.05) is 12.2 Å². The number of amides is 1. The van der Waals surface area contributed by atoms with Crippen molar-refractivity contribution in [2.75, 3.05) is 24.2 Å². The third-order valence-corrected chi connectivity index (χ3v) is 5.12. The van der Waals surface area contributed by atoms with Crippen LogP contribution in [0.2, 0.25) is 0 Å². The third-order valence-electron chi connectivity index (χ3n) is 2.98. The molecule has 1 heterocycles. The van der Waals surface area contributed by atoms with Crippen molar-refractivity contribution in [2.24, 2.45) is 5.73 Å². The predicted octanol–water partition coefficient (Wildman–Crippen LogP) is 0.295. The molecular weight excluding hydrogens is 298 g/mol. The summed E-state index contributed by atoms with van der Waals surface area (Å²) in [4.78, 5) is 12.1. The molecule has 0 bridgehead atoms. The van der Waals surface area contributed by atoms with Crippen LogP contribution in [0.15, 0.2) is 24.3 Å². The molecule has 0 atom stereocenters. The summed E-state index contributed by atoms with van der Waals surface area (Å²) in [5.74, 6) is -0.248. The van der Waals surface area contributed by atoms with Crippen molar-refractivity contribution in [2.45, 2.75) is 6.42 Å². The van der Waals surface area contributed by atoms with Crippen LogP contribution in [0.25, 0.3) is 0 Å². The molecule has 20 heavy (non-hydrogen) atoms. The zero-order valence-electron chi connectivity index (χ0n) is 10.7. The highest BCUT2D eigenvalue weighted by Gasteiger charge is 2.29. The molecule has 0 aromatic heterocycles. The van der Waals surface area contributed by atoms with E-state index in [4.69, 9.17) is 18.0 Å². The molecule has 0 unspecified atom stereocenters. The van der Waals surface area contributed by atoms with Crippen LogP contribution in [-0.4, -0.2) is 42.5 Å². The average molecular weight is 313 g/mol. The summed E-state index contributed by atoms with van der Waals surface area (Å²) in [6.07, 6.45) is 0.568. The highest BCUT2D eigenvalue weighted by Crippen LogP contribution is 2.14. The second-order valence-corrected chi connectivity index (χ2v) is 7.02. The molecule has 1 aromatic rings. The van der Waals surface area contributed by atoms with E-state index in [1.807, 2.05) is 0 Å². The Labute approximate surface area is 123 Å². The van der Waals surface area contributed by atoms with Gasteiger partial charge in [-0.15, -0.1) is 0 Å². The molecule has 1 aliphatic heterocycles. The molecule has 1 aromatic carbocycles. The number of benzene rings is 1. The van der Waals surface area contributed by atoms with Crippen LogP contribution in [0.4, 0.5) is 5.69 Å². The minimum Gasteiger partial charge on any atom is -0.389 e. The van der Waals surface area contributed by atoms with Crippen molar-refractivity contribution >= 4 is 38.8 Å². The Morgan fingerprint density at radius 3 is 2.50 bits per heavy atom. The van der Waals surface area contributed by atoms with Gasteiger partial charge in [0.15, 0.2) is 0 Å². The molecule has 108 valence electrons. The van der Waals surface area contributed by atoms with Gasteiger partial charge in [0.1, 0.15) is 4.99 Å². The van der Waals surface area contributed by atoms with Crippen molar-refractivity contribution in [3.63, 3.8) is 0 Å². The number of carbonyl (C=O) groups is 1. The largest absolute Gasteiger partial charge is 0.389 e. The van der Waals surface area contributed by atoms with Gasteiger partial charge in [-0.3, -0.25) is 4.79 Å². The maximum absolute atomic E-state index is 11.8. The first kappa shape index (κ1) is 14.9.